The van der Waals surface area contributed by atoms with Gasteiger partial charge in [-0.25, -0.2) is 0 Å². The molecular formula is C18H23N3. The van der Waals surface area contributed by atoms with Crippen molar-refractivity contribution in [2.24, 2.45) is 0 Å². The molecule has 1 saturated carbocycles. The van der Waals surface area contributed by atoms with Crippen LogP contribution in [-0.2, 0) is 5.54 Å². The van der Waals surface area contributed by atoms with Crippen molar-refractivity contribution in [3.63, 3.8) is 0 Å². The van der Waals surface area contributed by atoms with Crippen molar-refractivity contribution >= 4 is 0 Å². The number of benzene rings is 1. The standard InChI is InChI=1S/C18H23N3/c1-13-7-4-5-8-16(13)18(9-6-10-18)21-15(3)17-14(2)19-11-12-20-17/h4-5,7-8,11-12,15,21H,6,9-10H2,1-3H3. The van der Waals surface area contributed by atoms with Crippen LogP contribution in [0.3, 0.4) is 0 Å². The van der Waals surface area contributed by atoms with Gasteiger partial charge in [0, 0.05) is 24.0 Å². The molecule has 3 rings (SSSR count). The number of nitrogens with one attached hydrogen (secondary N) is 1. The van der Waals surface area contributed by atoms with Crippen LogP contribution >= 0.6 is 0 Å². The molecule has 1 heterocycles. The summed E-state index contributed by atoms with van der Waals surface area (Å²) < 4.78 is 0. The Bertz CT molecular complexity index is 632. The minimum atomic E-state index is 0.106. The SMILES string of the molecule is Cc1ccccc1C1(NC(C)c2nccnc2C)CCC1. The minimum absolute atomic E-state index is 0.106. The molecule has 0 spiro atoms. The summed E-state index contributed by atoms with van der Waals surface area (Å²) in [5.74, 6) is 0. The molecule has 0 saturated heterocycles. The zero-order chi connectivity index (χ0) is 14.9. The highest BCUT2D eigenvalue weighted by Crippen LogP contribution is 2.44. The third-order valence-electron chi connectivity index (χ3n) is 4.69. The van der Waals surface area contributed by atoms with Crippen molar-refractivity contribution in [2.45, 2.75) is 51.6 Å². The summed E-state index contributed by atoms with van der Waals surface area (Å²) in [6.45, 7) is 6.42. The molecule has 0 bridgehead atoms. The second-order valence-corrected chi connectivity index (χ2v) is 6.14. The lowest BCUT2D eigenvalue weighted by atomic mass is 9.70. The third-order valence-corrected chi connectivity index (χ3v) is 4.69. The van der Waals surface area contributed by atoms with Gasteiger partial charge >= 0.3 is 0 Å². The van der Waals surface area contributed by atoms with Gasteiger partial charge in [0.1, 0.15) is 0 Å². The molecule has 3 nitrogen and oxygen atoms in total. The lowest BCUT2D eigenvalue weighted by Gasteiger charge is -2.46. The van der Waals surface area contributed by atoms with Crippen LogP contribution in [0.5, 0.6) is 0 Å². The number of aryl methyl sites for hydroxylation is 2. The van der Waals surface area contributed by atoms with E-state index in [-0.39, 0.29) is 11.6 Å². The van der Waals surface area contributed by atoms with Crippen LogP contribution in [0.2, 0.25) is 0 Å². The van der Waals surface area contributed by atoms with E-state index in [1.165, 1.54) is 30.4 Å². The lowest BCUT2D eigenvalue weighted by Crippen LogP contribution is -2.49. The Balaban J connectivity index is 1.88. The Kier molecular flexibility index (Phi) is 3.77. The highest BCUT2D eigenvalue weighted by Gasteiger charge is 2.40. The molecule has 1 unspecified atom stereocenters. The van der Waals surface area contributed by atoms with Crippen LogP contribution in [0.15, 0.2) is 36.7 Å². The number of rotatable bonds is 4. The molecule has 0 amide bonds. The molecule has 110 valence electrons. The van der Waals surface area contributed by atoms with Gasteiger partial charge in [-0.2, -0.15) is 0 Å². The van der Waals surface area contributed by atoms with Gasteiger partial charge in [-0.05, 0) is 51.2 Å². The highest BCUT2D eigenvalue weighted by molar-refractivity contribution is 5.35. The quantitative estimate of drug-likeness (QED) is 0.925. The van der Waals surface area contributed by atoms with Gasteiger partial charge in [0.05, 0.1) is 11.4 Å². The molecule has 2 aromatic rings. The molecule has 1 atom stereocenters. The van der Waals surface area contributed by atoms with E-state index in [0.717, 1.165) is 11.4 Å². The zero-order valence-electron chi connectivity index (χ0n) is 13.1. The predicted molar refractivity (Wildman–Crippen MR) is 85.0 cm³/mol. The van der Waals surface area contributed by atoms with Gasteiger partial charge in [0.25, 0.3) is 0 Å². The maximum absolute atomic E-state index is 4.51. The van der Waals surface area contributed by atoms with Gasteiger partial charge in [0.2, 0.25) is 0 Å². The number of nitrogens with zero attached hydrogens (tertiary/aromatic N) is 2. The number of hydrogen-bond acceptors (Lipinski definition) is 3. The Labute approximate surface area is 126 Å². The summed E-state index contributed by atoms with van der Waals surface area (Å²) in [6, 6.07) is 8.93. The Morgan fingerprint density at radius 2 is 1.81 bits per heavy atom. The fourth-order valence-electron chi connectivity index (χ4n) is 3.46. The second kappa shape index (κ2) is 5.57. The molecule has 1 aliphatic rings. The van der Waals surface area contributed by atoms with Crippen LogP contribution in [0.4, 0.5) is 0 Å². The van der Waals surface area contributed by atoms with Gasteiger partial charge in [0.15, 0.2) is 0 Å². The van der Waals surface area contributed by atoms with Crippen LogP contribution in [0.1, 0.15) is 54.7 Å². The molecule has 1 aromatic carbocycles. The first-order valence-electron chi connectivity index (χ1n) is 7.74. The molecule has 3 heteroatoms. The van der Waals surface area contributed by atoms with Gasteiger partial charge in [-0.15, -0.1) is 0 Å². The molecule has 0 aliphatic heterocycles. The highest BCUT2D eigenvalue weighted by atomic mass is 15.0. The van der Waals surface area contributed by atoms with Crippen LogP contribution < -0.4 is 5.32 Å². The van der Waals surface area contributed by atoms with E-state index in [1.807, 2.05) is 6.92 Å². The molecule has 0 radical (unpaired) electrons. The van der Waals surface area contributed by atoms with E-state index in [9.17, 15) is 0 Å². The van der Waals surface area contributed by atoms with Gasteiger partial charge in [-0.1, -0.05) is 24.3 Å². The molecular weight excluding hydrogens is 258 g/mol. The van der Waals surface area contributed by atoms with Gasteiger partial charge < -0.3 is 0 Å². The van der Waals surface area contributed by atoms with Crippen molar-refractivity contribution < 1.29 is 0 Å². The minimum Gasteiger partial charge on any atom is -0.299 e. The Hall–Kier alpha value is -1.74. The van der Waals surface area contributed by atoms with E-state index < -0.39 is 0 Å². The van der Waals surface area contributed by atoms with Crippen LogP contribution in [0, 0.1) is 13.8 Å². The zero-order valence-corrected chi connectivity index (χ0v) is 13.1. The maximum Gasteiger partial charge on any atom is 0.0782 e. The first kappa shape index (κ1) is 14.2. The van der Waals surface area contributed by atoms with E-state index in [2.05, 4.69) is 53.4 Å². The van der Waals surface area contributed by atoms with Crippen molar-refractivity contribution in [3.8, 4) is 0 Å². The molecule has 21 heavy (non-hydrogen) atoms. The van der Waals surface area contributed by atoms with Crippen LogP contribution in [-0.4, -0.2) is 9.97 Å². The molecule has 1 fully saturated rings. The smallest absolute Gasteiger partial charge is 0.0782 e. The maximum atomic E-state index is 4.51. The normalized spacial score (nSPS) is 18.0. The van der Waals surface area contributed by atoms with Crippen molar-refractivity contribution in [1.29, 1.82) is 0 Å². The Morgan fingerprint density at radius 3 is 2.43 bits per heavy atom. The summed E-state index contributed by atoms with van der Waals surface area (Å²) in [6.07, 6.45) is 7.21. The fourth-order valence-corrected chi connectivity index (χ4v) is 3.46. The fraction of sp³-hybridized carbons (Fsp3) is 0.444. The second-order valence-electron chi connectivity index (χ2n) is 6.14. The lowest BCUT2D eigenvalue weighted by molar-refractivity contribution is 0.165. The van der Waals surface area contributed by atoms with Gasteiger partial charge in [-0.3, -0.25) is 15.3 Å². The van der Waals surface area contributed by atoms with E-state index in [1.54, 1.807) is 12.4 Å². The first-order chi connectivity index (χ1) is 10.1. The average molecular weight is 281 g/mol. The third kappa shape index (κ3) is 2.58. The van der Waals surface area contributed by atoms with E-state index in [0.29, 0.717) is 0 Å². The summed E-state index contributed by atoms with van der Waals surface area (Å²) in [4.78, 5) is 8.87. The number of aromatic nitrogens is 2. The molecule has 1 aromatic heterocycles. The van der Waals surface area contributed by atoms with Crippen LogP contribution in [0.25, 0.3) is 0 Å². The van der Waals surface area contributed by atoms with Crippen molar-refractivity contribution in [3.05, 3.63) is 59.2 Å². The summed E-state index contributed by atoms with van der Waals surface area (Å²) in [7, 11) is 0. The Morgan fingerprint density at radius 1 is 1.10 bits per heavy atom. The summed E-state index contributed by atoms with van der Waals surface area (Å²) in [5, 5.41) is 3.84. The monoisotopic (exact) mass is 281 g/mol. The predicted octanol–water partition coefficient (Wildman–Crippen LogP) is 3.82. The van der Waals surface area contributed by atoms with E-state index in [4.69, 9.17) is 0 Å². The van der Waals surface area contributed by atoms with Crippen molar-refractivity contribution in [1.82, 2.24) is 15.3 Å². The topological polar surface area (TPSA) is 37.8 Å². The van der Waals surface area contributed by atoms with Crippen molar-refractivity contribution in [2.75, 3.05) is 0 Å². The molecule has 1 aliphatic carbocycles. The van der Waals surface area contributed by atoms with E-state index >= 15 is 0 Å². The summed E-state index contributed by atoms with van der Waals surface area (Å²) >= 11 is 0. The average Bonchev–Trinajstić information content (AvgIpc) is 2.44. The molecule has 1 N–H and O–H groups in total. The summed E-state index contributed by atoms with van der Waals surface area (Å²) in [5.41, 5.74) is 4.97. The first-order valence-corrected chi connectivity index (χ1v) is 7.74. The largest absolute Gasteiger partial charge is 0.299 e. The number of hydrogen-bond donors (Lipinski definition) is 1.